The van der Waals surface area contributed by atoms with Crippen LogP contribution in [0.3, 0.4) is 0 Å². The fourth-order valence-electron chi connectivity index (χ4n) is 2.78. The molecule has 0 aliphatic carbocycles. The number of carbonyl (C=O) groups is 2. The maximum atomic E-state index is 12.9. The summed E-state index contributed by atoms with van der Waals surface area (Å²) in [5.74, 6) is 1.06. The Morgan fingerprint density at radius 2 is 1.59 bits per heavy atom. The lowest BCUT2D eigenvalue weighted by Gasteiger charge is -2.28. The average Bonchev–Trinajstić information content (AvgIpc) is 2.75. The average molecular weight is 400 g/mol. The van der Waals surface area contributed by atoms with E-state index >= 15 is 0 Å². The molecule has 2 aromatic carbocycles. The van der Waals surface area contributed by atoms with Crippen LogP contribution in [0.5, 0.6) is 17.2 Å². The first-order chi connectivity index (χ1) is 14.0. The van der Waals surface area contributed by atoms with Crippen LogP contribution in [0.25, 0.3) is 0 Å². The Bertz CT molecular complexity index is 788. The largest absolute Gasteiger partial charge is 0.496 e. The number of benzene rings is 2. The van der Waals surface area contributed by atoms with Crippen molar-refractivity contribution < 1.29 is 23.8 Å². The topological polar surface area (TPSA) is 77.1 Å². The fraction of sp³-hybridized carbons (Fsp3) is 0.364. The molecule has 1 N–H and O–H groups in total. The molecule has 0 saturated heterocycles. The molecule has 0 aliphatic rings. The third-order valence-corrected chi connectivity index (χ3v) is 4.40. The monoisotopic (exact) mass is 400 g/mol. The quantitative estimate of drug-likeness (QED) is 0.663. The second-order valence-corrected chi connectivity index (χ2v) is 6.41. The van der Waals surface area contributed by atoms with E-state index in [0.717, 1.165) is 5.56 Å². The number of rotatable bonds is 10. The number of likely N-dealkylation sites (N-methyl/N-ethyl adjacent to an activating group) is 1. The molecule has 1 atom stereocenters. The van der Waals surface area contributed by atoms with Gasteiger partial charge in [-0.2, -0.15) is 0 Å². The molecule has 2 rings (SSSR count). The normalized spacial score (nSPS) is 11.3. The molecule has 2 aromatic rings. The van der Waals surface area contributed by atoms with Gasteiger partial charge in [0.2, 0.25) is 5.91 Å². The zero-order valence-electron chi connectivity index (χ0n) is 17.3. The van der Waals surface area contributed by atoms with E-state index in [1.54, 1.807) is 39.3 Å². The van der Waals surface area contributed by atoms with Crippen molar-refractivity contribution >= 4 is 11.8 Å². The SMILES string of the molecule is CCNC(=O)C(C)N(Cc1ccccc1)C(=O)COc1cc(OC)cc(OC)c1. The summed E-state index contributed by atoms with van der Waals surface area (Å²) >= 11 is 0. The lowest BCUT2D eigenvalue weighted by Crippen LogP contribution is -2.49. The van der Waals surface area contributed by atoms with Crippen molar-refractivity contribution in [3.63, 3.8) is 0 Å². The molecule has 0 heterocycles. The molecule has 29 heavy (non-hydrogen) atoms. The van der Waals surface area contributed by atoms with Crippen LogP contribution >= 0.6 is 0 Å². The van der Waals surface area contributed by atoms with Gasteiger partial charge in [0.25, 0.3) is 5.91 Å². The van der Waals surface area contributed by atoms with Gasteiger partial charge in [-0.15, -0.1) is 0 Å². The van der Waals surface area contributed by atoms with E-state index in [2.05, 4.69) is 5.32 Å². The van der Waals surface area contributed by atoms with Crippen molar-refractivity contribution in [3.8, 4) is 17.2 Å². The molecule has 0 saturated carbocycles. The highest BCUT2D eigenvalue weighted by atomic mass is 16.5. The van der Waals surface area contributed by atoms with Gasteiger partial charge in [-0.25, -0.2) is 0 Å². The number of carbonyl (C=O) groups excluding carboxylic acids is 2. The summed E-state index contributed by atoms with van der Waals surface area (Å²) in [7, 11) is 3.08. The molecular weight excluding hydrogens is 372 g/mol. The Labute approximate surface area is 171 Å². The molecule has 7 heteroatoms. The van der Waals surface area contributed by atoms with Gasteiger partial charge in [0, 0.05) is 31.3 Å². The van der Waals surface area contributed by atoms with E-state index in [0.29, 0.717) is 30.3 Å². The predicted octanol–water partition coefficient (Wildman–Crippen LogP) is 2.64. The predicted molar refractivity (Wildman–Crippen MR) is 110 cm³/mol. The number of amides is 2. The highest BCUT2D eigenvalue weighted by Crippen LogP contribution is 2.27. The van der Waals surface area contributed by atoms with Crippen molar-refractivity contribution in [1.29, 1.82) is 0 Å². The van der Waals surface area contributed by atoms with Crippen LogP contribution in [0.2, 0.25) is 0 Å². The van der Waals surface area contributed by atoms with Crippen LogP contribution in [-0.4, -0.2) is 50.1 Å². The minimum atomic E-state index is -0.633. The van der Waals surface area contributed by atoms with Gasteiger partial charge in [-0.05, 0) is 19.4 Å². The zero-order chi connectivity index (χ0) is 21.2. The van der Waals surface area contributed by atoms with Crippen LogP contribution < -0.4 is 19.5 Å². The van der Waals surface area contributed by atoms with E-state index in [1.165, 1.54) is 4.90 Å². The molecule has 2 amide bonds. The summed E-state index contributed by atoms with van der Waals surface area (Å²) in [5, 5.41) is 2.76. The summed E-state index contributed by atoms with van der Waals surface area (Å²) in [4.78, 5) is 26.8. The van der Waals surface area contributed by atoms with Gasteiger partial charge in [-0.1, -0.05) is 30.3 Å². The summed E-state index contributed by atoms with van der Waals surface area (Å²) in [6.07, 6.45) is 0. The standard InChI is InChI=1S/C22H28N2O5/c1-5-23-22(26)16(2)24(14-17-9-7-6-8-10-17)21(25)15-29-20-12-18(27-3)11-19(13-20)28-4/h6-13,16H,5,14-15H2,1-4H3,(H,23,26). The fourth-order valence-corrected chi connectivity index (χ4v) is 2.78. The van der Waals surface area contributed by atoms with Gasteiger partial charge in [0.1, 0.15) is 23.3 Å². The summed E-state index contributed by atoms with van der Waals surface area (Å²) in [6.45, 7) is 4.14. The molecule has 0 aromatic heterocycles. The van der Waals surface area contributed by atoms with Gasteiger partial charge in [0.15, 0.2) is 6.61 Å². The third-order valence-electron chi connectivity index (χ3n) is 4.40. The molecule has 0 radical (unpaired) electrons. The number of hydrogen-bond acceptors (Lipinski definition) is 5. The van der Waals surface area contributed by atoms with Gasteiger partial charge in [-0.3, -0.25) is 9.59 Å². The van der Waals surface area contributed by atoms with Crippen LogP contribution in [-0.2, 0) is 16.1 Å². The Kier molecular flexibility index (Phi) is 8.33. The lowest BCUT2D eigenvalue weighted by atomic mass is 10.1. The van der Waals surface area contributed by atoms with Gasteiger partial charge < -0.3 is 24.4 Å². The lowest BCUT2D eigenvalue weighted by molar-refractivity contribution is -0.142. The van der Waals surface area contributed by atoms with Crippen LogP contribution in [0.4, 0.5) is 0 Å². The first kappa shape index (κ1) is 22.1. The van der Waals surface area contributed by atoms with Crippen molar-refractivity contribution in [2.75, 3.05) is 27.4 Å². The van der Waals surface area contributed by atoms with E-state index in [4.69, 9.17) is 14.2 Å². The second-order valence-electron chi connectivity index (χ2n) is 6.41. The Balaban J connectivity index is 2.15. The van der Waals surface area contributed by atoms with Crippen molar-refractivity contribution in [1.82, 2.24) is 10.2 Å². The molecule has 0 fully saturated rings. The number of methoxy groups -OCH3 is 2. The Hall–Kier alpha value is -3.22. The smallest absolute Gasteiger partial charge is 0.261 e. The number of hydrogen-bond donors (Lipinski definition) is 1. The number of nitrogens with zero attached hydrogens (tertiary/aromatic N) is 1. The van der Waals surface area contributed by atoms with Gasteiger partial charge in [0.05, 0.1) is 14.2 Å². The van der Waals surface area contributed by atoms with Crippen LogP contribution in [0.15, 0.2) is 48.5 Å². The maximum Gasteiger partial charge on any atom is 0.261 e. The maximum absolute atomic E-state index is 12.9. The Morgan fingerprint density at radius 1 is 1.00 bits per heavy atom. The zero-order valence-corrected chi connectivity index (χ0v) is 17.3. The van der Waals surface area contributed by atoms with Crippen LogP contribution in [0.1, 0.15) is 19.4 Å². The minimum Gasteiger partial charge on any atom is -0.496 e. The van der Waals surface area contributed by atoms with E-state index in [9.17, 15) is 9.59 Å². The van der Waals surface area contributed by atoms with Crippen molar-refractivity contribution in [2.24, 2.45) is 0 Å². The molecule has 0 spiro atoms. The second kappa shape index (κ2) is 10.9. The summed E-state index contributed by atoms with van der Waals surface area (Å²) in [6, 6.07) is 14.0. The van der Waals surface area contributed by atoms with E-state index in [-0.39, 0.29) is 18.4 Å². The highest BCUT2D eigenvalue weighted by Gasteiger charge is 2.26. The molecule has 0 aliphatic heterocycles. The first-order valence-electron chi connectivity index (χ1n) is 9.45. The number of nitrogens with one attached hydrogen (secondary N) is 1. The minimum absolute atomic E-state index is 0.208. The van der Waals surface area contributed by atoms with Crippen molar-refractivity contribution in [2.45, 2.75) is 26.4 Å². The third kappa shape index (κ3) is 6.41. The molecule has 156 valence electrons. The summed E-state index contributed by atoms with van der Waals surface area (Å²) < 4.78 is 16.1. The van der Waals surface area contributed by atoms with Crippen molar-refractivity contribution in [3.05, 3.63) is 54.1 Å². The summed E-state index contributed by atoms with van der Waals surface area (Å²) in [5.41, 5.74) is 0.931. The van der Waals surface area contributed by atoms with E-state index < -0.39 is 6.04 Å². The van der Waals surface area contributed by atoms with E-state index in [1.807, 2.05) is 37.3 Å². The van der Waals surface area contributed by atoms with Gasteiger partial charge >= 0.3 is 0 Å². The Morgan fingerprint density at radius 3 is 2.14 bits per heavy atom. The molecular formula is C22H28N2O5. The van der Waals surface area contributed by atoms with Crippen LogP contribution in [0, 0.1) is 0 Å². The molecule has 1 unspecified atom stereocenters. The molecule has 7 nitrogen and oxygen atoms in total. The highest BCUT2D eigenvalue weighted by molar-refractivity contribution is 5.87. The first-order valence-corrected chi connectivity index (χ1v) is 9.45. The number of ether oxygens (including phenoxy) is 3. The molecule has 0 bridgehead atoms.